The van der Waals surface area contributed by atoms with Crippen LogP contribution in [0.5, 0.6) is 0 Å². The minimum absolute atomic E-state index is 0.0403. The quantitative estimate of drug-likeness (QED) is 0.324. The molecule has 0 radical (unpaired) electrons. The molecule has 0 amide bonds. The first kappa shape index (κ1) is 10.4. The third-order valence-corrected chi connectivity index (χ3v) is 1.74. The van der Waals surface area contributed by atoms with E-state index in [2.05, 4.69) is 9.78 Å². The lowest BCUT2D eigenvalue weighted by atomic mass is 10.1. The summed E-state index contributed by atoms with van der Waals surface area (Å²) in [7, 11) is 0. The van der Waals surface area contributed by atoms with E-state index in [0.29, 0.717) is 0 Å². The Morgan fingerprint density at radius 3 is 2.07 bits per heavy atom. The zero-order chi connectivity index (χ0) is 10.7. The zero-order valence-corrected chi connectivity index (χ0v) is 7.44. The summed E-state index contributed by atoms with van der Waals surface area (Å²) in [6.45, 7) is 1.03. The highest BCUT2D eigenvalue weighted by Crippen LogP contribution is 2.18. The predicted octanol–water partition coefficient (Wildman–Crippen LogP) is -0.444. The second kappa shape index (κ2) is 3.99. The van der Waals surface area contributed by atoms with E-state index in [1.165, 1.54) is 0 Å². The Kier molecular flexibility index (Phi) is 2.95. The molecule has 0 N–H and O–H groups in total. The van der Waals surface area contributed by atoms with Crippen LogP contribution < -0.4 is 0 Å². The zero-order valence-electron chi connectivity index (χ0n) is 7.44. The maximum atomic E-state index is 11.0. The molecule has 6 nitrogen and oxygen atoms in total. The lowest BCUT2D eigenvalue weighted by molar-refractivity contribution is -0.259. The van der Waals surface area contributed by atoms with Gasteiger partial charge in [0.15, 0.2) is 17.5 Å². The first-order valence-electron chi connectivity index (χ1n) is 3.96. The summed E-state index contributed by atoms with van der Waals surface area (Å²) in [4.78, 5) is 51.2. The average Bonchev–Trinajstić information content (AvgIpc) is 2.42. The minimum atomic E-state index is -1.41. The van der Waals surface area contributed by atoms with E-state index in [0.717, 1.165) is 6.92 Å². The van der Waals surface area contributed by atoms with Crippen molar-refractivity contribution in [3.05, 3.63) is 0 Å². The van der Waals surface area contributed by atoms with E-state index in [9.17, 15) is 19.2 Å². The molecule has 0 saturated heterocycles. The van der Waals surface area contributed by atoms with Crippen molar-refractivity contribution in [1.82, 2.24) is 0 Å². The largest absolute Gasteiger partial charge is 0.373 e. The van der Waals surface area contributed by atoms with Crippen molar-refractivity contribution < 1.29 is 29.0 Å². The van der Waals surface area contributed by atoms with Crippen molar-refractivity contribution in [3.63, 3.8) is 0 Å². The topological polar surface area (TPSA) is 86.7 Å². The first-order chi connectivity index (χ1) is 6.52. The highest BCUT2D eigenvalue weighted by Gasteiger charge is 2.41. The third kappa shape index (κ3) is 2.15. The lowest BCUT2D eigenvalue weighted by Gasteiger charge is -2.03. The van der Waals surface area contributed by atoms with Crippen molar-refractivity contribution in [2.75, 3.05) is 0 Å². The molecule has 0 spiro atoms. The van der Waals surface area contributed by atoms with Gasteiger partial charge < -0.3 is 0 Å². The molecule has 1 fully saturated rings. The number of Topliss-reactive ketones (excluding diaryl/α,β-unsaturated/α-hetero) is 2. The average molecular weight is 200 g/mol. The number of rotatable bonds is 1. The Labute approximate surface area is 79.1 Å². The molecule has 6 heteroatoms. The van der Waals surface area contributed by atoms with Crippen molar-refractivity contribution in [2.45, 2.75) is 19.8 Å². The maximum Gasteiger partial charge on any atom is 0.373 e. The van der Waals surface area contributed by atoms with E-state index in [-0.39, 0.29) is 12.8 Å². The van der Waals surface area contributed by atoms with E-state index in [1.54, 1.807) is 0 Å². The molecule has 0 aliphatic heterocycles. The van der Waals surface area contributed by atoms with Crippen LogP contribution in [0.25, 0.3) is 0 Å². The summed E-state index contributed by atoms with van der Waals surface area (Å²) in [5, 5.41) is 0. The van der Waals surface area contributed by atoms with Crippen LogP contribution in [0, 0.1) is 5.92 Å². The molecule has 0 unspecified atom stereocenters. The molecule has 1 saturated carbocycles. The molecule has 0 bridgehead atoms. The molecule has 1 rings (SSSR count). The maximum absolute atomic E-state index is 11.0. The van der Waals surface area contributed by atoms with Crippen molar-refractivity contribution in [1.29, 1.82) is 0 Å². The molecule has 1 aliphatic rings. The van der Waals surface area contributed by atoms with Crippen LogP contribution >= 0.6 is 0 Å². The highest BCUT2D eigenvalue weighted by molar-refractivity contribution is 6.21. The number of hydrogen-bond donors (Lipinski definition) is 0. The van der Waals surface area contributed by atoms with Crippen molar-refractivity contribution in [2.24, 2.45) is 5.92 Å². The molecule has 76 valence electrons. The van der Waals surface area contributed by atoms with Crippen molar-refractivity contribution >= 4 is 23.5 Å². The Balaban J connectivity index is 2.55. The van der Waals surface area contributed by atoms with Gasteiger partial charge in [0.2, 0.25) is 0 Å². The fourth-order valence-corrected chi connectivity index (χ4v) is 1.13. The normalized spacial score (nSPS) is 16.9. The van der Waals surface area contributed by atoms with Crippen LogP contribution in [0.15, 0.2) is 0 Å². The highest BCUT2D eigenvalue weighted by atomic mass is 17.2. The number of carbonyl (C=O) groups excluding carboxylic acids is 4. The summed E-state index contributed by atoms with van der Waals surface area (Å²) in [6.07, 6.45) is 0.0807. The molecule has 0 aromatic heterocycles. The predicted molar refractivity (Wildman–Crippen MR) is 40.6 cm³/mol. The van der Waals surface area contributed by atoms with Gasteiger partial charge in [0, 0.05) is 19.8 Å². The third-order valence-electron chi connectivity index (χ3n) is 1.74. The van der Waals surface area contributed by atoms with E-state index in [1.807, 2.05) is 0 Å². The number of ketones is 2. The van der Waals surface area contributed by atoms with Crippen LogP contribution in [0.4, 0.5) is 0 Å². The van der Waals surface area contributed by atoms with E-state index < -0.39 is 29.4 Å². The van der Waals surface area contributed by atoms with Gasteiger partial charge in [0.05, 0.1) is 0 Å². The number of carbonyl (C=O) groups is 4. The number of hydrogen-bond acceptors (Lipinski definition) is 6. The SMILES string of the molecule is CC(=O)OOC(=O)C1C(=O)CCC1=O. The standard InChI is InChI=1S/C8H8O6/c1-4(9)13-14-8(12)7-5(10)2-3-6(7)11/h7H,2-3H2,1H3. The van der Waals surface area contributed by atoms with Gasteiger partial charge in [-0.3, -0.25) is 9.59 Å². The minimum Gasteiger partial charge on any atom is -0.298 e. The first-order valence-corrected chi connectivity index (χ1v) is 3.96. The van der Waals surface area contributed by atoms with Gasteiger partial charge >= 0.3 is 11.9 Å². The second-order valence-electron chi connectivity index (χ2n) is 2.84. The van der Waals surface area contributed by atoms with Gasteiger partial charge in [-0.1, -0.05) is 0 Å². The van der Waals surface area contributed by atoms with Gasteiger partial charge in [-0.2, -0.15) is 0 Å². The summed E-state index contributed by atoms with van der Waals surface area (Å²) in [5.74, 6) is -4.34. The van der Waals surface area contributed by atoms with E-state index in [4.69, 9.17) is 0 Å². The fourth-order valence-electron chi connectivity index (χ4n) is 1.13. The molecule has 1 aliphatic carbocycles. The van der Waals surface area contributed by atoms with Crippen LogP contribution in [-0.4, -0.2) is 23.5 Å². The Morgan fingerprint density at radius 1 is 1.14 bits per heavy atom. The van der Waals surface area contributed by atoms with Crippen LogP contribution in [0.1, 0.15) is 19.8 Å². The van der Waals surface area contributed by atoms with Gasteiger partial charge in [-0.25, -0.2) is 19.4 Å². The Hall–Kier alpha value is -1.72. The van der Waals surface area contributed by atoms with Crippen LogP contribution in [-0.2, 0) is 29.0 Å². The van der Waals surface area contributed by atoms with Crippen LogP contribution in [0.3, 0.4) is 0 Å². The van der Waals surface area contributed by atoms with Gasteiger partial charge in [0.1, 0.15) is 0 Å². The molecule has 14 heavy (non-hydrogen) atoms. The molecular weight excluding hydrogens is 192 g/mol. The Bertz CT molecular complexity index is 289. The van der Waals surface area contributed by atoms with Gasteiger partial charge in [-0.05, 0) is 0 Å². The van der Waals surface area contributed by atoms with Crippen molar-refractivity contribution in [3.8, 4) is 0 Å². The molecule has 0 heterocycles. The van der Waals surface area contributed by atoms with E-state index >= 15 is 0 Å². The summed E-state index contributed by atoms with van der Waals surface area (Å²) < 4.78 is 0. The molecule has 0 aromatic carbocycles. The molecule has 0 aromatic rings. The second-order valence-corrected chi connectivity index (χ2v) is 2.84. The Morgan fingerprint density at radius 2 is 1.64 bits per heavy atom. The van der Waals surface area contributed by atoms with Crippen LogP contribution in [0.2, 0.25) is 0 Å². The lowest BCUT2D eigenvalue weighted by Crippen LogP contribution is -2.27. The molecule has 0 atom stereocenters. The van der Waals surface area contributed by atoms with Gasteiger partial charge in [-0.15, -0.1) is 0 Å². The molecular formula is C8H8O6. The fraction of sp³-hybridized carbons (Fsp3) is 0.500. The summed E-state index contributed by atoms with van der Waals surface area (Å²) in [6, 6.07) is 0. The monoisotopic (exact) mass is 200 g/mol. The summed E-state index contributed by atoms with van der Waals surface area (Å²) >= 11 is 0. The van der Waals surface area contributed by atoms with Gasteiger partial charge in [0.25, 0.3) is 0 Å². The smallest absolute Gasteiger partial charge is 0.298 e. The summed E-state index contributed by atoms with van der Waals surface area (Å²) in [5.41, 5.74) is 0.